The molecule has 0 N–H and O–H groups in total. The molecular formula is C35H66O4. The van der Waals surface area contributed by atoms with Crippen LogP contribution in [0.4, 0.5) is 0 Å². The maximum atomic E-state index is 13.1. The lowest BCUT2D eigenvalue weighted by molar-refractivity contribution is -0.172. The molecule has 0 aromatic heterocycles. The van der Waals surface area contributed by atoms with Crippen LogP contribution in [0, 0.1) is 11.3 Å². The van der Waals surface area contributed by atoms with E-state index in [9.17, 15) is 9.59 Å². The molecule has 1 saturated carbocycles. The highest BCUT2D eigenvalue weighted by molar-refractivity contribution is 5.85. The van der Waals surface area contributed by atoms with Crippen LogP contribution in [0.1, 0.15) is 188 Å². The SMILES string of the molecule is CCCCCCCCCCCCCOC(=O)C1CCCCC1(C)C(=O)OCCCCCCCCCCCCC. The van der Waals surface area contributed by atoms with Crippen LogP contribution in [0.2, 0.25) is 0 Å². The summed E-state index contributed by atoms with van der Waals surface area (Å²) in [5.74, 6) is -0.731. The van der Waals surface area contributed by atoms with Gasteiger partial charge in [-0.1, -0.05) is 155 Å². The molecule has 0 spiro atoms. The highest BCUT2D eigenvalue weighted by Gasteiger charge is 2.48. The summed E-state index contributed by atoms with van der Waals surface area (Å²) in [7, 11) is 0. The summed E-state index contributed by atoms with van der Waals surface area (Å²) >= 11 is 0. The molecule has 1 rings (SSSR count). The standard InChI is InChI=1S/C35H66O4/c1-4-6-8-10-12-14-16-18-20-22-26-30-38-33(36)32-28-24-25-29-35(32,3)34(37)39-31-27-23-21-19-17-15-13-11-9-7-5-2/h32H,4-31H2,1-3H3. The predicted molar refractivity (Wildman–Crippen MR) is 165 cm³/mol. The van der Waals surface area contributed by atoms with Crippen LogP contribution in [0.5, 0.6) is 0 Å². The zero-order valence-corrected chi connectivity index (χ0v) is 26.5. The van der Waals surface area contributed by atoms with Crippen molar-refractivity contribution in [1.29, 1.82) is 0 Å². The number of hydrogen-bond donors (Lipinski definition) is 0. The number of carbonyl (C=O) groups is 2. The molecule has 1 aliphatic rings. The highest BCUT2D eigenvalue weighted by Crippen LogP contribution is 2.43. The Morgan fingerprint density at radius 1 is 0.564 bits per heavy atom. The van der Waals surface area contributed by atoms with E-state index in [1.807, 2.05) is 6.92 Å². The Balaban J connectivity index is 2.14. The van der Waals surface area contributed by atoms with E-state index in [-0.39, 0.29) is 17.9 Å². The van der Waals surface area contributed by atoms with Gasteiger partial charge in [0, 0.05) is 0 Å². The number of hydrogen-bond acceptors (Lipinski definition) is 4. The number of ether oxygens (including phenoxy) is 2. The minimum atomic E-state index is -0.732. The van der Waals surface area contributed by atoms with Gasteiger partial charge in [-0.25, -0.2) is 0 Å². The summed E-state index contributed by atoms with van der Waals surface area (Å²) in [5.41, 5.74) is -0.732. The van der Waals surface area contributed by atoms with Gasteiger partial charge in [-0.05, 0) is 32.6 Å². The van der Waals surface area contributed by atoms with Crippen LogP contribution in [0.15, 0.2) is 0 Å². The summed E-state index contributed by atoms with van der Waals surface area (Å²) < 4.78 is 11.4. The van der Waals surface area contributed by atoms with Gasteiger partial charge in [0.1, 0.15) is 0 Å². The molecule has 2 atom stereocenters. The summed E-state index contributed by atoms with van der Waals surface area (Å²) in [4.78, 5) is 26.0. The Bertz CT molecular complexity index is 589. The largest absolute Gasteiger partial charge is 0.465 e. The van der Waals surface area contributed by atoms with E-state index in [4.69, 9.17) is 9.47 Å². The Kier molecular flexibility index (Phi) is 22.8. The summed E-state index contributed by atoms with van der Waals surface area (Å²) in [6.07, 6.45) is 31.6. The van der Waals surface area contributed by atoms with Crippen LogP contribution >= 0.6 is 0 Å². The third kappa shape index (κ3) is 17.4. The van der Waals surface area contributed by atoms with Gasteiger partial charge in [0.05, 0.1) is 24.5 Å². The van der Waals surface area contributed by atoms with Gasteiger partial charge in [0.2, 0.25) is 0 Å². The van der Waals surface area contributed by atoms with E-state index in [2.05, 4.69) is 13.8 Å². The molecule has 4 nitrogen and oxygen atoms in total. The van der Waals surface area contributed by atoms with E-state index in [0.29, 0.717) is 13.2 Å². The molecule has 230 valence electrons. The zero-order valence-electron chi connectivity index (χ0n) is 26.5. The van der Waals surface area contributed by atoms with Crippen LogP contribution in [0.3, 0.4) is 0 Å². The van der Waals surface area contributed by atoms with Crippen molar-refractivity contribution in [3.63, 3.8) is 0 Å². The van der Waals surface area contributed by atoms with Gasteiger partial charge >= 0.3 is 11.9 Å². The van der Waals surface area contributed by atoms with Crippen LogP contribution in [-0.2, 0) is 19.1 Å². The van der Waals surface area contributed by atoms with Crippen LogP contribution in [0.25, 0.3) is 0 Å². The van der Waals surface area contributed by atoms with Gasteiger partial charge in [0.25, 0.3) is 0 Å². The van der Waals surface area contributed by atoms with Crippen molar-refractivity contribution in [2.24, 2.45) is 11.3 Å². The number of esters is 2. The maximum Gasteiger partial charge on any atom is 0.312 e. The van der Waals surface area contributed by atoms with Crippen LogP contribution in [-0.4, -0.2) is 25.2 Å². The van der Waals surface area contributed by atoms with E-state index < -0.39 is 5.41 Å². The molecule has 2 unspecified atom stereocenters. The Hall–Kier alpha value is -1.06. The van der Waals surface area contributed by atoms with E-state index in [1.165, 1.54) is 116 Å². The Morgan fingerprint density at radius 2 is 0.949 bits per heavy atom. The first-order valence-corrected chi connectivity index (χ1v) is 17.4. The predicted octanol–water partition coefficient (Wildman–Crippen LogP) is 10.9. The fourth-order valence-corrected chi connectivity index (χ4v) is 6.09. The molecule has 1 fully saturated rings. The zero-order chi connectivity index (χ0) is 28.4. The second kappa shape index (κ2) is 24.7. The average molecular weight is 551 g/mol. The first-order valence-electron chi connectivity index (χ1n) is 17.4. The minimum Gasteiger partial charge on any atom is -0.465 e. The number of rotatable bonds is 26. The third-order valence-electron chi connectivity index (χ3n) is 8.93. The lowest BCUT2D eigenvalue weighted by atomic mass is 9.67. The average Bonchev–Trinajstić information content (AvgIpc) is 2.94. The third-order valence-corrected chi connectivity index (χ3v) is 8.93. The molecule has 0 saturated heterocycles. The Morgan fingerprint density at radius 3 is 1.38 bits per heavy atom. The lowest BCUT2D eigenvalue weighted by Crippen LogP contribution is -2.44. The smallest absolute Gasteiger partial charge is 0.312 e. The monoisotopic (exact) mass is 550 g/mol. The molecular weight excluding hydrogens is 484 g/mol. The molecule has 39 heavy (non-hydrogen) atoms. The topological polar surface area (TPSA) is 52.6 Å². The van der Waals surface area contributed by atoms with E-state index in [1.54, 1.807) is 0 Å². The quantitative estimate of drug-likeness (QED) is 0.0793. The molecule has 0 aromatic rings. The highest BCUT2D eigenvalue weighted by atomic mass is 16.5. The lowest BCUT2D eigenvalue weighted by Gasteiger charge is -2.37. The van der Waals surface area contributed by atoms with Crippen molar-refractivity contribution in [3.05, 3.63) is 0 Å². The van der Waals surface area contributed by atoms with Gasteiger partial charge in [-0.2, -0.15) is 0 Å². The molecule has 0 amide bonds. The number of unbranched alkanes of at least 4 members (excludes halogenated alkanes) is 20. The van der Waals surface area contributed by atoms with Crippen LogP contribution < -0.4 is 0 Å². The molecule has 0 aromatic carbocycles. The molecule has 0 heterocycles. The van der Waals surface area contributed by atoms with Crippen molar-refractivity contribution in [2.75, 3.05) is 13.2 Å². The van der Waals surface area contributed by atoms with Crippen molar-refractivity contribution in [1.82, 2.24) is 0 Å². The first kappa shape index (κ1) is 36.0. The van der Waals surface area contributed by atoms with Crippen molar-refractivity contribution < 1.29 is 19.1 Å². The second-order valence-electron chi connectivity index (χ2n) is 12.6. The Labute approximate surface area is 243 Å². The number of carbonyl (C=O) groups excluding carboxylic acids is 2. The first-order chi connectivity index (χ1) is 19.1. The molecule has 4 heteroatoms. The minimum absolute atomic E-state index is 0.184. The van der Waals surface area contributed by atoms with Gasteiger partial charge in [-0.15, -0.1) is 0 Å². The molecule has 1 aliphatic carbocycles. The fourth-order valence-electron chi connectivity index (χ4n) is 6.09. The normalized spacial score (nSPS) is 19.2. The van der Waals surface area contributed by atoms with Gasteiger partial charge < -0.3 is 9.47 Å². The molecule has 0 radical (unpaired) electrons. The maximum absolute atomic E-state index is 13.1. The van der Waals surface area contributed by atoms with Gasteiger partial charge in [0.15, 0.2) is 0 Å². The summed E-state index contributed by atoms with van der Waals surface area (Å²) in [5, 5.41) is 0. The van der Waals surface area contributed by atoms with Crippen molar-refractivity contribution in [3.8, 4) is 0 Å². The van der Waals surface area contributed by atoms with Gasteiger partial charge in [-0.3, -0.25) is 9.59 Å². The van der Waals surface area contributed by atoms with Crippen molar-refractivity contribution >= 4 is 11.9 Å². The molecule has 0 aliphatic heterocycles. The second-order valence-corrected chi connectivity index (χ2v) is 12.6. The van der Waals surface area contributed by atoms with E-state index in [0.717, 1.165) is 51.4 Å². The summed E-state index contributed by atoms with van der Waals surface area (Å²) in [6, 6.07) is 0. The van der Waals surface area contributed by atoms with Crippen molar-refractivity contribution in [2.45, 2.75) is 188 Å². The molecule has 0 bridgehead atoms. The fraction of sp³-hybridized carbons (Fsp3) is 0.943. The summed E-state index contributed by atoms with van der Waals surface area (Å²) in [6.45, 7) is 7.42. The van der Waals surface area contributed by atoms with E-state index >= 15 is 0 Å².